The van der Waals surface area contributed by atoms with E-state index in [1.54, 1.807) is 0 Å². The van der Waals surface area contributed by atoms with Gasteiger partial charge in [-0.3, -0.25) is 14.4 Å². The highest BCUT2D eigenvalue weighted by molar-refractivity contribution is 5.71. The van der Waals surface area contributed by atoms with Gasteiger partial charge in [-0.2, -0.15) is 0 Å². The van der Waals surface area contributed by atoms with Crippen LogP contribution < -0.4 is 0 Å². The Hall–Kier alpha value is -2.89. The summed E-state index contributed by atoms with van der Waals surface area (Å²) < 4.78 is 17.0. The molecule has 454 valence electrons. The minimum atomic E-state index is -0.783. The van der Waals surface area contributed by atoms with Crippen LogP contribution in [0.4, 0.5) is 0 Å². The SMILES string of the molecule is CCCCCC/C=C\C/C=C\CCCCCCCCCC(=O)OCC(COC(=O)CCCCCCCC/C=C\C/C=C\C/C=C\CCCCCCC)OC(=O)CCCCCCCCCCCCCCCCCCCCCCC. The zero-order valence-corrected chi connectivity index (χ0v) is 52.2. The molecular formula is C72H130O6. The quantitative estimate of drug-likeness (QED) is 0.0261. The van der Waals surface area contributed by atoms with Gasteiger partial charge in [-0.1, -0.05) is 313 Å². The maximum Gasteiger partial charge on any atom is 0.306 e. The fourth-order valence-electron chi connectivity index (χ4n) is 10.1. The molecule has 0 aromatic carbocycles. The number of carbonyl (C=O) groups is 3. The molecule has 0 aromatic heterocycles. The van der Waals surface area contributed by atoms with E-state index in [2.05, 4.69) is 81.5 Å². The first-order chi connectivity index (χ1) is 38.5. The maximum absolute atomic E-state index is 13.0. The smallest absolute Gasteiger partial charge is 0.306 e. The first-order valence-electron chi connectivity index (χ1n) is 34.3. The Balaban J connectivity index is 4.38. The Morgan fingerprint density at radius 1 is 0.256 bits per heavy atom. The fraction of sp³-hybridized carbons (Fsp3) is 0.819. The van der Waals surface area contributed by atoms with Crippen LogP contribution in [-0.4, -0.2) is 37.2 Å². The van der Waals surface area contributed by atoms with Crippen LogP contribution >= 0.6 is 0 Å². The van der Waals surface area contributed by atoms with E-state index < -0.39 is 6.10 Å². The van der Waals surface area contributed by atoms with Crippen LogP contribution in [0.25, 0.3) is 0 Å². The summed E-state index contributed by atoms with van der Waals surface area (Å²) in [5.74, 6) is -0.876. The molecule has 0 saturated heterocycles. The molecule has 0 rings (SSSR count). The van der Waals surface area contributed by atoms with E-state index in [1.165, 1.54) is 231 Å². The van der Waals surface area contributed by atoms with Crippen molar-refractivity contribution in [3.05, 3.63) is 60.8 Å². The lowest BCUT2D eigenvalue weighted by Gasteiger charge is -2.18. The first-order valence-corrected chi connectivity index (χ1v) is 34.3. The summed E-state index contributed by atoms with van der Waals surface area (Å²) in [7, 11) is 0. The summed E-state index contributed by atoms with van der Waals surface area (Å²) in [4.78, 5) is 38.4. The van der Waals surface area contributed by atoms with Crippen LogP contribution in [0.15, 0.2) is 60.8 Å². The minimum absolute atomic E-state index is 0.0796. The number of hydrogen-bond acceptors (Lipinski definition) is 6. The Morgan fingerprint density at radius 3 is 0.731 bits per heavy atom. The van der Waals surface area contributed by atoms with Gasteiger partial charge in [0.2, 0.25) is 0 Å². The van der Waals surface area contributed by atoms with Crippen molar-refractivity contribution in [2.45, 2.75) is 367 Å². The van der Waals surface area contributed by atoms with E-state index in [-0.39, 0.29) is 31.1 Å². The summed E-state index contributed by atoms with van der Waals surface area (Å²) in [6.07, 6.45) is 85.1. The molecule has 0 radical (unpaired) electrons. The van der Waals surface area contributed by atoms with E-state index in [1.807, 2.05) is 0 Å². The van der Waals surface area contributed by atoms with Gasteiger partial charge in [0.05, 0.1) is 0 Å². The summed E-state index contributed by atoms with van der Waals surface area (Å²) in [5, 5.41) is 0. The van der Waals surface area contributed by atoms with E-state index in [0.717, 1.165) is 89.9 Å². The molecule has 0 aliphatic carbocycles. The van der Waals surface area contributed by atoms with E-state index in [0.29, 0.717) is 19.3 Å². The van der Waals surface area contributed by atoms with Gasteiger partial charge >= 0.3 is 17.9 Å². The lowest BCUT2D eigenvalue weighted by molar-refractivity contribution is -0.167. The second kappa shape index (κ2) is 66.6. The molecule has 78 heavy (non-hydrogen) atoms. The van der Waals surface area contributed by atoms with Crippen molar-refractivity contribution in [3.63, 3.8) is 0 Å². The number of unbranched alkanes of at least 4 members (excludes halogenated alkanes) is 42. The molecule has 0 amide bonds. The predicted octanol–water partition coefficient (Wildman–Crippen LogP) is 23.5. The molecule has 0 heterocycles. The molecule has 6 nitrogen and oxygen atoms in total. The molecule has 0 spiro atoms. The van der Waals surface area contributed by atoms with Gasteiger partial charge in [-0.25, -0.2) is 0 Å². The van der Waals surface area contributed by atoms with Crippen LogP contribution in [0.1, 0.15) is 361 Å². The maximum atomic E-state index is 13.0. The van der Waals surface area contributed by atoms with Crippen molar-refractivity contribution >= 4 is 17.9 Å². The average molecular weight is 1090 g/mol. The predicted molar refractivity (Wildman–Crippen MR) is 339 cm³/mol. The Bertz CT molecular complexity index is 1390. The second-order valence-electron chi connectivity index (χ2n) is 23.1. The van der Waals surface area contributed by atoms with Crippen molar-refractivity contribution in [3.8, 4) is 0 Å². The van der Waals surface area contributed by atoms with Crippen LogP contribution in [0.5, 0.6) is 0 Å². The van der Waals surface area contributed by atoms with Crippen LogP contribution in [0.2, 0.25) is 0 Å². The Labute approximate surface area is 485 Å². The van der Waals surface area contributed by atoms with Gasteiger partial charge < -0.3 is 14.2 Å². The highest BCUT2D eigenvalue weighted by Gasteiger charge is 2.19. The Kier molecular flexibility index (Phi) is 64.2. The molecule has 0 fully saturated rings. The third-order valence-corrected chi connectivity index (χ3v) is 15.2. The standard InChI is InChI=1S/C72H130O6/c1-4-7-10-13-16-19-22-25-28-31-34-36-38-41-44-47-50-53-56-59-62-65-71(74)77-68-69(67-76-70(73)64-61-58-55-52-49-46-43-40-33-30-27-24-21-18-15-12-9-6-3)78-72(75)66-63-60-57-54-51-48-45-42-39-37-35-32-29-26-23-20-17-14-11-8-5-2/h21-22,24-25,30-31,33-34,38,41,69H,4-20,23,26-29,32,35-37,39-40,42-68H2,1-3H3/b24-21-,25-22-,33-30-,34-31-,41-38-. The molecule has 0 saturated carbocycles. The number of allylic oxidation sites excluding steroid dienone is 10. The third kappa shape index (κ3) is 63.9. The number of esters is 3. The Morgan fingerprint density at radius 2 is 0.462 bits per heavy atom. The lowest BCUT2D eigenvalue weighted by atomic mass is 10.0. The number of rotatable bonds is 63. The van der Waals surface area contributed by atoms with Crippen molar-refractivity contribution in [2.75, 3.05) is 13.2 Å². The monoisotopic (exact) mass is 1090 g/mol. The zero-order chi connectivity index (χ0) is 56.4. The zero-order valence-electron chi connectivity index (χ0n) is 52.2. The van der Waals surface area contributed by atoms with Crippen molar-refractivity contribution in [1.82, 2.24) is 0 Å². The molecule has 0 aromatic rings. The minimum Gasteiger partial charge on any atom is -0.462 e. The van der Waals surface area contributed by atoms with Gasteiger partial charge in [0, 0.05) is 19.3 Å². The largest absolute Gasteiger partial charge is 0.462 e. The van der Waals surface area contributed by atoms with Gasteiger partial charge in [0.25, 0.3) is 0 Å². The van der Waals surface area contributed by atoms with Gasteiger partial charge in [-0.15, -0.1) is 0 Å². The normalized spacial score (nSPS) is 12.4. The summed E-state index contributed by atoms with van der Waals surface area (Å²) >= 11 is 0. The van der Waals surface area contributed by atoms with Crippen molar-refractivity contribution < 1.29 is 28.6 Å². The second-order valence-corrected chi connectivity index (χ2v) is 23.1. The molecular weight excluding hydrogens is 961 g/mol. The molecule has 0 aliphatic rings. The summed E-state index contributed by atoms with van der Waals surface area (Å²) in [5.41, 5.74) is 0. The van der Waals surface area contributed by atoms with Gasteiger partial charge in [0.15, 0.2) is 6.10 Å². The van der Waals surface area contributed by atoms with E-state index >= 15 is 0 Å². The van der Waals surface area contributed by atoms with Gasteiger partial charge in [0.1, 0.15) is 13.2 Å². The summed E-state index contributed by atoms with van der Waals surface area (Å²) in [6.45, 7) is 6.66. The molecule has 6 heteroatoms. The van der Waals surface area contributed by atoms with Crippen molar-refractivity contribution in [2.24, 2.45) is 0 Å². The van der Waals surface area contributed by atoms with Crippen LogP contribution in [0, 0.1) is 0 Å². The lowest BCUT2D eigenvalue weighted by Crippen LogP contribution is -2.30. The van der Waals surface area contributed by atoms with Crippen LogP contribution in [0.3, 0.4) is 0 Å². The molecule has 0 bridgehead atoms. The van der Waals surface area contributed by atoms with Crippen LogP contribution in [-0.2, 0) is 28.6 Å². The molecule has 1 unspecified atom stereocenters. The molecule has 1 atom stereocenters. The topological polar surface area (TPSA) is 78.9 Å². The number of carbonyl (C=O) groups excluding carboxylic acids is 3. The van der Waals surface area contributed by atoms with E-state index in [4.69, 9.17) is 14.2 Å². The fourth-order valence-corrected chi connectivity index (χ4v) is 10.1. The third-order valence-electron chi connectivity index (χ3n) is 15.2. The average Bonchev–Trinajstić information content (AvgIpc) is 3.44. The van der Waals surface area contributed by atoms with Gasteiger partial charge in [-0.05, 0) is 89.9 Å². The first kappa shape index (κ1) is 75.1. The summed E-state index contributed by atoms with van der Waals surface area (Å²) in [6, 6.07) is 0. The highest BCUT2D eigenvalue weighted by Crippen LogP contribution is 2.17. The number of ether oxygens (including phenoxy) is 3. The molecule has 0 aliphatic heterocycles. The number of hydrogen-bond donors (Lipinski definition) is 0. The highest BCUT2D eigenvalue weighted by atomic mass is 16.6. The van der Waals surface area contributed by atoms with E-state index in [9.17, 15) is 14.4 Å². The van der Waals surface area contributed by atoms with Crippen molar-refractivity contribution in [1.29, 1.82) is 0 Å². The molecule has 0 N–H and O–H groups in total.